The van der Waals surface area contributed by atoms with Crippen molar-refractivity contribution in [2.45, 2.75) is 96.8 Å². The SMILES string of the molecule is C=C(C)C(=O)NCCCCCCCCCCCC(=O)NCCCCCC=O. The summed E-state index contributed by atoms with van der Waals surface area (Å²) in [5.41, 5.74) is 0.568. The highest BCUT2D eigenvalue weighted by Crippen LogP contribution is 2.10. The zero-order valence-corrected chi connectivity index (χ0v) is 17.3. The Bertz CT molecular complexity index is 422. The fourth-order valence-corrected chi connectivity index (χ4v) is 2.85. The molecule has 156 valence electrons. The Balaban J connectivity index is 3.22. The van der Waals surface area contributed by atoms with Crippen LogP contribution >= 0.6 is 0 Å². The average Bonchev–Trinajstić information content (AvgIpc) is 2.65. The molecule has 0 rings (SSSR count). The van der Waals surface area contributed by atoms with E-state index in [0.717, 1.165) is 64.3 Å². The lowest BCUT2D eigenvalue weighted by Gasteiger charge is -2.06. The first-order valence-electron chi connectivity index (χ1n) is 10.7. The molecule has 0 aliphatic heterocycles. The van der Waals surface area contributed by atoms with Crippen LogP contribution in [0.25, 0.3) is 0 Å². The van der Waals surface area contributed by atoms with Crippen molar-refractivity contribution < 1.29 is 14.4 Å². The molecule has 0 saturated carbocycles. The molecule has 0 heterocycles. The van der Waals surface area contributed by atoms with Gasteiger partial charge in [0.05, 0.1) is 0 Å². The lowest BCUT2D eigenvalue weighted by molar-refractivity contribution is -0.121. The molecule has 2 N–H and O–H groups in total. The van der Waals surface area contributed by atoms with Crippen molar-refractivity contribution >= 4 is 18.1 Å². The van der Waals surface area contributed by atoms with Crippen molar-refractivity contribution in [1.29, 1.82) is 0 Å². The molecule has 0 atom stereocenters. The van der Waals surface area contributed by atoms with Gasteiger partial charge in [-0.2, -0.15) is 0 Å². The number of amides is 2. The third-order valence-electron chi connectivity index (χ3n) is 4.57. The van der Waals surface area contributed by atoms with Crippen LogP contribution in [0, 0.1) is 0 Å². The summed E-state index contributed by atoms with van der Waals surface area (Å²) < 4.78 is 0. The van der Waals surface area contributed by atoms with Crippen molar-refractivity contribution in [3.05, 3.63) is 12.2 Å². The van der Waals surface area contributed by atoms with Gasteiger partial charge in [0, 0.05) is 31.5 Å². The third kappa shape index (κ3) is 18.9. The van der Waals surface area contributed by atoms with Gasteiger partial charge in [-0.25, -0.2) is 0 Å². The normalized spacial score (nSPS) is 10.4. The number of carbonyl (C=O) groups excluding carboxylic acids is 3. The summed E-state index contributed by atoms with van der Waals surface area (Å²) in [6.07, 6.45) is 15.5. The van der Waals surface area contributed by atoms with Crippen molar-refractivity contribution in [2.75, 3.05) is 13.1 Å². The maximum absolute atomic E-state index is 11.7. The summed E-state index contributed by atoms with van der Waals surface area (Å²) in [6, 6.07) is 0. The maximum atomic E-state index is 11.7. The van der Waals surface area contributed by atoms with E-state index in [4.69, 9.17) is 0 Å². The van der Waals surface area contributed by atoms with Crippen molar-refractivity contribution in [3.63, 3.8) is 0 Å². The van der Waals surface area contributed by atoms with Gasteiger partial charge in [-0.15, -0.1) is 0 Å². The first-order valence-corrected chi connectivity index (χ1v) is 10.7. The van der Waals surface area contributed by atoms with E-state index in [1.165, 1.54) is 32.1 Å². The summed E-state index contributed by atoms with van der Waals surface area (Å²) in [6.45, 7) is 6.81. The number of hydrogen-bond acceptors (Lipinski definition) is 3. The molecule has 0 saturated heterocycles. The highest BCUT2D eigenvalue weighted by Gasteiger charge is 2.01. The van der Waals surface area contributed by atoms with Gasteiger partial charge in [-0.3, -0.25) is 9.59 Å². The monoisotopic (exact) mass is 380 g/mol. The molecule has 0 aromatic carbocycles. The van der Waals surface area contributed by atoms with Crippen LogP contribution in [0.2, 0.25) is 0 Å². The summed E-state index contributed by atoms with van der Waals surface area (Å²) in [4.78, 5) is 33.2. The predicted octanol–water partition coefficient (Wildman–Crippen LogP) is 4.46. The summed E-state index contributed by atoms with van der Waals surface area (Å²) in [7, 11) is 0. The largest absolute Gasteiger partial charge is 0.356 e. The van der Waals surface area contributed by atoms with Crippen LogP contribution in [0.3, 0.4) is 0 Å². The second-order valence-corrected chi connectivity index (χ2v) is 7.33. The molecular formula is C22H40N2O3. The van der Waals surface area contributed by atoms with Gasteiger partial charge in [0.25, 0.3) is 0 Å². The molecule has 5 nitrogen and oxygen atoms in total. The van der Waals surface area contributed by atoms with Crippen molar-refractivity contribution in [1.82, 2.24) is 10.6 Å². The quantitative estimate of drug-likeness (QED) is 0.197. The number of carbonyl (C=O) groups is 3. The molecule has 0 aromatic heterocycles. The fourth-order valence-electron chi connectivity index (χ4n) is 2.85. The van der Waals surface area contributed by atoms with Gasteiger partial charge in [0.15, 0.2) is 0 Å². The molecule has 0 radical (unpaired) electrons. The van der Waals surface area contributed by atoms with Gasteiger partial charge < -0.3 is 15.4 Å². The molecule has 0 aliphatic carbocycles. The number of aldehydes is 1. The van der Waals surface area contributed by atoms with Gasteiger partial charge in [0.1, 0.15) is 6.29 Å². The van der Waals surface area contributed by atoms with E-state index in [0.29, 0.717) is 18.4 Å². The first kappa shape index (κ1) is 25.4. The molecule has 2 amide bonds. The van der Waals surface area contributed by atoms with E-state index in [-0.39, 0.29) is 11.8 Å². The van der Waals surface area contributed by atoms with E-state index >= 15 is 0 Å². The zero-order chi connectivity index (χ0) is 20.2. The standard InChI is InChI=1S/C22H40N2O3/c1-20(2)22(27)24-18-14-9-7-5-3-4-6-8-12-16-21(26)23-17-13-10-11-15-19-25/h19H,1,3-18H2,2H3,(H,23,26)(H,24,27). The van der Waals surface area contributed by atoms with E-state index in [9.17, 15) is 14.4 Å². The Morgan fingerprint density at radius 1 is 0.741 bits per heavy atom. The van der Waals surface area contributed by atoms with Crippen LogP contribution < -0.4 is 10.6 Å². The number of rotatable bonds is 19. The Hall–Kier alpha value is -1.65. The van der Waals surface area contributed by atoms with Crippen LogP contribution in [-0.4, -0.2) is 31.2 Å². The summed E-state index contributed by atoms with van der Waals surface area (Å²) in [5.74, 6) is 0.113. The lowest BCUT2D eigenvalue weighted by atomic mass is 10.1. The van der Waals surface area contributed by atoms with Crippen LogP contribution in [0.5, 0.6) is 0 Å². The van der Waals surface area contributed by atoms with Gasteiger partial charge in [0.2, 0.25) is 11.8 Å². The molecule has 0 spiro atoms. The molecule has 0 fully saturated rings. The number of hydrogen-bond donors (Lipinski definition) is 2. The number of nitrogens with one attached hydrogen (secondary N) is 2. The fraction of sp³-hybridized carbons (Fsp3) is 0.773. The Labute approximate surface area is 165 Å². The summed E-state index contributed by atoms with van der Waals surface area (Å²) >= 11 is 0. The highest BCUT2D eigenvalue weighted by molar-refractivity contribution is 5.91. The molecule has 0 aliphatic rings. The van der Waals surface area contributed by atoms with Gasteiger partial charge in [-0.1, -0.05) is 57.9 Å². The van der Waals surface area contributed by atoms with Gasteiger partial charge in [-0.05, 0) is 32.6 Å². The molecule has 5 heteroatoms. The van der Waals surface area contributed by atoms with E-state index < -0.39 is 0 Å². The molecule has 0 bridgehead atoms. The molecular weight excluding hydrogens is 340 g/mol. The minimum absolute atomic E-state index is 0.0433. The molecule has 0 aromatic rings. The second kappa shape index (κ2) is 19.1. The van der Waals surface area contributed by atoms with Crippen molar-refractivity contribution in [2.24, 2.45) is 0 Å². The zero-order valence-electron chi connectivity index (χ0n) is 17.3. The minimum atomic E-state index is -0.0433. The molecule has 0 unspecified atom stereocenters. The Morgan fingerprint density at radius 2 is 1.22 bits per heavy atom. The van der Waals surface area contributed by atoms with Gasteiger partial charge >= 0.3 is 0 Å². The predicted molar refractivity (Wildman–Crippen MR) is 112 cm³/mol. The molecule has 27 heavy (non-hydrogen) atoms. The van der Waals surface area contributed by atoms with E-state index in [1.54, 1.807) is 6.92 Å². The minimum Gasteiger partial charge on any atom is -0.356 e. The van der Waals surface area contributed by atoms with Crippen LogP contribution in [0.1, 0.15) is 96.8 Å². The topological polar surface area (TPSA) is 75.3 Å². The Morgan fingerprint density at radius 3 is 1.78 bits per heavy atom. The Kier molecular flexibility index (Phi) is 18.0. The first-order chi connectivity index (χ1) is 13.1. The average molecular weight is 381 g/mol. The second-order valence-electron chi connectivity index (χ2n) is 7.33. The van der Waals surface area contributed by atoms with Crippen LogP contribution in [-0.2, 0) is 14.4 Å². The highest BCUT2D eigenvalue weighted by atomic mass is 16.2. The summed E-state index contributed by atoms with van der Waals surface area (Å²) in [5, 5.41) is 5.81. The van der Waals surface area contributed by atoms with Crippen LogP contribution in [0.4, 0.5) is 0 Å². The lowest BCUT2D eigenvalue weighted by Crippen LogP contribution is -2.24. The third-order valence-corrected chi connectivity index (χ3v) is 4.57. The van der Waals surface area contributed by atoms with Crippen LogP contribution in [0.15, 0.2) is 12.2 Å². The number of unbranched alkanes of at least 4 members (excludes halogenated alkanes) is 11. The maximum Gasteiger partial charge on any atom is 0.246 e. The van der Waals surface area contributed by atoms with E-state index in [1.807, 2.05) is 0 Å². The smallest absolute Gasteiger partial charge is 0.246 e. The van der Waals surface area contributed by atoms with E-state index in [2.05, 4.69) is 17.2 Å². The van der Waals surface area contributed by atoms with Crippen molar-refractivity contribution in [3.8, 4) is 0 Å².